The van der Waals surface area contributed by atoms with E-state index < -0.39 is 24.0 Å². The van der Waals surface area contributed by atoms with E-state index in [0.29, 0.717) is 6.42 Å². The fourth-order valence-corrected chi connectivity index (χ4v) is 1.47. The Balaban J connectivity index is 4.44. The summed E-state index contributed by atoms with van der Waals surface area (Å²) in [4.78, 5) is 36.2. The van der Waals surface area contributed by atoms with Crippen molar-refractivity contribution in [3.8, 4) is 0 Å². The van der Waals surface area contributed by atoms with Gasteiger partial charge >= 0.3 is 18.0 Å². The highest BCUT2D eigenvalue weighted by Crippen LogP contribution is 2.06. The largest absolute Gasteiger partial charge is 0.480 e. The van der Waals surface area contributed by atoms with Crippen LogP contribution in [0.1, 0.15) is 19.8 Å². The van der Waals surface area contributed by atoms with Crippen LogP contribution in [0.5, 0.6) is 0 Å². The molecule has 18 heavy (non-hydrogen) atoms. The lowest BCUT2D eigenvalue weighted by atomic mass is 10.2. The van der Waals surface area contributed by atoms with Crippen LogP contribution >= 0.6 is 0 Å². The number of ether oxygens (including phenoxy) is 1. The zero-order valence-corrected chi connectivity index (χ0v) is 11.2. The first kappa shape index (κ1) is 16.2. The van der Waals surface area contributed by atoms with Gasteiger partial charge in [-0.25, -0.2) is 9.59 Å². The van der Waals surface area contributed by atoms with Gasteiger partial charge in [0.15, 0.2) is 0 Å². The van der Waals surface area contributed by atoms with Crippen molar-refractivity contribution in [2.24, 2.45) is 0 Å². The molecule has 1 unspecified atom stereocenters. The Morgan fingerprint density at radius 2 is 1.83 bits per heavy atom. The van der Waals surface area contributed by atoms with Gasteiger partial charge in [-0.3, -0.25) is 4.79 Å². The molecule has 0 heterocycles. The molecule has 0 bridgehead atoms. The van der Waals surface area contributed by atoms with Gasteiger partial charge in [0, 0.05) is 20.6 Å². The topological polar surface area (TPSA) is 87.2 Å². The van der Waals surface area contributed by atoms with E-state index in [1.807, 2.05) is 0 Å². The van der Waals surface area contributed by atoms with Crippen LogP contribution in [0.3, 0.4) is 0 Å². The summed E-state index contributed by atoms with van der Waals surface area (Å²) < 4.78 is 4.46. The second-order valence-electron chi connectivity index (χ2n) is 3.90. The van der Waals surface area contributed by atoms with Gasteiger partial charge in [-0.1, -0.05) is 6.92 Å². The number of esters is 1. The summed E-state index contributed by atoms with van der Waals surface area (Å²) in [7, 11) is 4.21. The predicted octanol–water partition coefficient (Wildman–Crippen LogP) is 0.396. The summed E-state index contributed by atoms with van der Waals surface area (Å²) in [6, 6.07) is -1.30. The van der Waals surface area contributed by atoms with E-state index in [1.54, 1.807) is 6.92 Å². The molecular weight excluding hydrogens is 240 g/mol. The zero-order chi connectivity index (χ0) is 14.3. The summed E-state index contributed by atoms with van der Waals surface area (Å²) in [6.07, 6.45) is 0.402. The number of hydrogen-bond donors (Lipinski definition) is 1. The van der Waals surface area contributed by atoms with Crippen molar-refractivity contribution in [3.05, 3.63) is 0 Å². The minimum absolute atomic E-state index is 0.0798. The van der Waals surface area contributed by atoms with E-state index >= 15 is 0 Å². The van der Waals surface area contributed by atoms with Crippen LogP contribution in [0.25, 0.3) is 0 Å². The number of hydrogen-bond acceptors (Lipinski definition) is 4. The van der Waals surface area contributed by atoms with Crippen LogP contribution in [-0.2, 0) is 14.3 Å². The number of nitrogens with zero attached hydrogens (tertiary/aromatic N) is 2. The van der Waals surface area contributed by atoms with Crippen LogP contribution < -0.4 is 0 Å². The monoisotopic (exact) mass is 260 g/mol. The molecule has 1 N–H and O–H groups in total. The van der Waals surface area contributed by atoms with Crippen LogP contribution in [0, 0.1) is 0 Å². The highest BCUT2D eigenvalue weighted by Gasteiger charge is 2.26. The minimum atomic E-state index is -1.05. The number of likely N-dealkylation sites (N-methyl/N-ethyl adjacent to an activating group) is 1. The van der Waals surface area contributed by atoms with Crippen molar-refractivity contribution in [2.75, 3.05) is 27.7 Å². The molecule has 0 aliphatic heterocycles. The number of amides is 2. The molecule has 0 rings (SSSR count). The lowest BCUT2D eigenvalue weighted by Gasteiger charge is -2.28. The lowest BCUT2D eigenvalue weighted by molar-refractivity contribution is -0.143. The van der Waals surface area contributed by atoms with Gasteiger partial charge < -0.3 is 19.6 Å². The van der Waals surface area contributed by atoms with Crippen LogP contribution in [0.2, 0.25) is 0 Å². The Hall–Kier alpha value is -1.79. The highest BCUT2D eigenvalue weighted by atomic mass is 16.5. The van der Waals surface area contributed by atoms with Crippen molar-refractivity contribution >= 4 is 18.0 Å². The van der Waals surface area contributed by atoms with Crippen molar-refractivity contribution in [1.82, 2.24) is 9.80 Å². The van der Waals surface area contributed by atoms with Gasteiger partial charge in [0.05, 0.1) is 13.5 Å². The third-order valence-corrected chi connectivity index (χ3v) is 2.65. The average Bonchev–Trinajstić information content (AvgIpc) is 2.34. The number of carboxylic acid groups (broad SMARTS) is 1. The number of rotatable bonds is 6. The van der Waals surface area contributed by atoms with E-state index in [2.05, 4.69) is 4.74 Å². The molecule has 0 aliphatic carbocycles. The maximum Gasteiger partial charge on any atom is 0.326 e. The molecule has 0 aromatic carbocycles. The molecule has 0 saturated heterocycles. The van der Waals surface area contributed by atoms with E-state index in [1.165, 1.54) is 26.1 Å². The predicted molar refractivity (Wildman–Crippen MR) is 64.1 cm³/mol. The molecule has 0 spiro atoms. The molecule has 0 saturated carbocycles. The van der Waals surface area contributed by atoms with Crippen molar-refractivity contribution in [3.63, 3.8) is 0 Å². The average molecular weight is 260 g/mol. The smallest absolute Gasteiger partial charge is 0.326 e. The Kier molecular flexibility index (Phi) is 6.77. The summed E-state index contributed by atoms with van der Waals surface area (Å²) in [5, 5.41) is 8.94. The SMILES string of the molecule is CCC(C(=O)O)N(C)C(=O)N(C)CCC(=O)OC. The van der Waals surface area contributed by atoms with Gasteiger partial charge in [0.25, 0.3) is 0 Å². The second-order valence-corrected chi connectivity index (χ2v) is 3.90. The Labute approximate surface area is 106 Å². The third kappa shape index (κ3) is 4.60. The maximum absolute atomic E-state index is 11.9. The van der Waals surface area contributed by atoms with Crippen LogP contribution in [0.15, 0.2) is 0 Å². The fraction of sp³-hybridized carbons (Fsp3) is 0.727. The molecule has 1 atom stereocenters. The van der Waals surface area contributed by atoms with Gasteiger partial charge in [0.2, 0.25) is 0 Å². The van der Waals surface area contributed by atoms with Crippen molar-refractivity contribution in [2.45, 2.75) is 25.8 Å². The molecule has 7 heteroatoms. The van der Waals surface area contributed by atoms with E-state index in [9.17, 15) is 14.4 Å². The summed E-state index contributed by atoms with van der Waals surface area (Å²) >= 11 is 0. The lowest BCUT2D eigenvalue weighted by Crippen LogP contribution is -2.48. The maximum atomic E-state index is 11.9. The highest BCUT2D eigenvalue weighted by molar-refractivity contribution is 5.82. The van der Waals surface area contributed by atoms with Gasteiger partial charge in [-0.15, -0.1) is 0 Å². The van der Waals surface area contributed by atoms with E-state index in [-0.39, 0.29) is 13.0 Å². The van der Waals surface area contributed by atoms with Crippen molar-refractivity contribution in [1.29, 1.82) is 0 Å². The molecular formula is C11H20N2O5. The Bertz CT molecular complexity index is 319. The summed E-state index contributed by atoms with van der Waals surface area (Å²) in [5.74, 6) is -1.46. The van der Waals surface area contributed by atoms with E-state index in [0.717, 1.165) is 4.90 Å². The van der Waals surface area contributed by atoms with Gasteiger partial charge in [-0.05, 0) is 6.42 Å². The number of methoxy groups -OCH3 is 1. The first-order chi connectivity index (χ1) is 8.34. The number of carbonyl (C=O) groups is 3. The Morgan fingerprint density at radius 3 is 2.22 bits per heavy atom. The number of carboxylic acids is 1. The van der Waals surface area contributed by atoms with Crippen LogP contribution in [-0.4, -0.2) is 66.7 Å². The summed E-state index contributed by atoms with van der Waals surface area (Å²) in [6.45, 7) is 1.88. The quantitative estimate of drug-likeness (QED) is 0.698. The fourth-order valence-electron chi connectivity index (χ4n) is 1.47. The number of aliphatic carboxylic acids is 1. The minimum Gasteiger partial charge on any atom is -0.480 e. The third-order valence-electron chi connectivity index (χ3n) is 2.65. The number of carbonyl (C=O) groups excluding carboxylic acids is 2. The molecule has 0 radical (unpaired) electrons. The molecule has 0 aromatic heterocycles. The normalized spacial score (nSPS) is 11.6. The zero-order valence-electron chi connectivity index (χ0n) is 11.2. The molecule has 0 aromatic rings. The van der Waals surface area contributed by atoms with Crippen molar-refractivity contribution < 1.29 is 24.2 Å². The molecule has 7 nitrogen and oxygen atoms in total. The first-order valence-electron chi connectivity index (χ1n) is 5.62. The van der Waals surface area contributed by atoms with E-state index in [4.69, 9.17) is 5.11 Å². The second kappa shape index (κ2) is 7.52. The molecule has 0 aliphatic rings. The summed E-state index contributed by atoms with van der Waals surface area (Å²) in [5.41, 5.74) is 0. The molecule has 0 fully saturated rings. The van der Waals surface area contributed by atoms with Gasteiger partial charge in [-0.2, -0.15) is 0 Å². The van der Waals surface area contributed by atoms with Crippen LogP contribution in [0.4, 0.5) is 4.79 Å². The molecule has 104 valence electrons. The molecule has 2 amide bonds. The number of urea groups is 1. The van der Waals surface area contributed by atoms with Gasteiger partial charge in [0.1, 0.15) is 6.04 Å². The first-order valence-corrected chi connectivity index (χ1v) is 5.62. The Morgan fingerprint density at radius 1 is 1.28 bits per heavy atom. The standard InChI is InChI=1S/C11H20N2O5/c1-5-8(10(15)16)13(3)11(17)12(2)7-6-9(14)18-4/h8H,5-7H2,1-4H3,(H,15,16).